The first-order valence-corrected chi connectivity index (χ1v) is 9.59. The van der Waals surface area contributed by atoms with E-state index in [2.05, 4.69) is 34.6 Å². The van der Waals surface area contributed by atoms with E-state index in [0.717, 1.165) is 29.0 Å². The van der Waals surface area contributed by atoms with Crippen LogP contribution < -0.4 is 14.8 Å². The van der Waals surface area contributed by atoms with E-state index in [1.165, 1.54) is 17.3 Å². The van der Waals surface area contributed by atoms with E-state index in [1.807, 2.05) is 30.3 Å². The van der Waals surface area contributed by atoms with Crippen molar-refractivity contribution in [2.24, 2.45) is 10.2 Å². The number of nitrogens with zero attached hydrogens (tertiary/aromatic N) is 2. The van der Waals surface area contributed by atoms with E-state index in [9.17, 15) is 4.79 Å². The first-order chi connectivity index (χ1) is 13.2. The Morgan fingerprint density at radius 1 is 1.22 bits per heavy atom. The Morgan fingerprint density at radius 2 is 2.04 bits per heavy atom. The van der Waals surface area contributed by atoms with Crippen molar-refractivity contribution in [3.05, 3.63) is 59.2 Å². The molecule has 0 radical (unpaired) electrons. The van der Waals surface area contributed by atoms with Gasteiger partial charge in [0.25, 0.3) is 0 Å². The number of amides is 1. The van der Waals surface area contributed by atoms with E-state index < -0.39 is 0 Å². The van der Waals surface area contributed by atoms with Crippen LogP contribution in [0.3, 0.4) is 0 Å². The second-order valence-electron chi connectivity index (χ2n) is 5.84. The van der Waals surface area contributed by atoms with Gasteiger partial charge in [-0.3, -0.25) is 4.79 Å². The number of thioether (sulfide) groups is 1. The number of ether oxygens (including phenoxy) is 2. The molecule has 1 aliphatic heterocycles. The lowest BCUT2D eigenvalue weighted by atomic mass is 10.1. The van der Waals surface area contributed by atoms with Crippen molar-refractivity contribution in [3.8, 4) is 11.5 Å². The number of nitrogens with one attached hydrogen (secondary N) is 1. The van der Waals surface area contributed by atoms with Gasteiger partial charge in [0.15, 0.2) is 5.17 Å². The summed E-state index contributed by atoms with van der Waals surface area (Å²) >= 11 is 1.34. The van der Waals surface area contributed by atoms with Crippen LogP contribution in [0.1, 0.15) is 23.6 Å². The first-order valence-electron chi connectivity index (χ1n) is 8.60. The Hall–Kier alpha value is -2.80. The van der Waals surface area contributed by atoms with E-state index >= 15 is 0 Å². The quantitative estimate of drug-likeness (QED) is 0.588. The summed E-state index contributed by atoms with van der Waals surface area (Å²) < 4.78 is 11.3. The molecule has 1 heterocycles. The molecular weight excluding hydrogens is 362 g/mol. The molecule has 0 unspecified atom stereocenters. The molecule has 140 valence electrons. The highest BCUT2D eigenvalue weighted by atomic mass is 32.2. The van der Waals surface area contributed by atoms with E-state index in [4.69, 9.17) is 9.47 Å². The lowest BCUT2D eigenvalue weighted by molar-refractivity contribution is -0.116. The minimum atomic E-state index is -0.0511. The molecule has 1 amide bonds. The molecule has 27 heavy (non-hydrogen) atoms. The van der Waals surface area contributed by atoms with Gasteiger partial charge in [-0.15, -0.1) is 5.10 Å². The summed E-state index contributed by atoms with van der Waals surface area (Å²) in [5.41, 5.74) is 3.06. The van der Waals surface area contributed by atoms with Gasteiger partial charge in [0, 0.05) is 5.56 Å². The zero-order valence-electron chi connectivity index (χ0n) is 15.3. The highest BCUT2D eigenvalue weighted by Gasteiger charge is 2.15. The molecule has 2 aromatic carbocycles. The summed E-state index contributed by atoms with van der Waals surface area (Å²) in [5, 5.41) is 11.2. The van der Waals surface area contributed by atoms with E-state index in [-0.39, 0.29) is 5.91 Å². The van der Waals surface area contributed by atoms with Crippen LogP contribution in [0.4, 0.5) is 0 Å². The Bertz CT molecular complexity index is 863. The molecule has 0 spiro atoms. The molecule has 0 saturated carbocycles. The largest absolute Gasteiger partial charge is 0.496 e. The zero-order valence-corrected chi connectivity index (χ0v) is 16.1. The van der Waals surface area contributed by atoms with Crippen molar-refractivity contribution in [1.29, 1.82) is 0 Å². The molecule has 2 aromatic rings. The maximum Gasteiger partial charge on any atom is 0.236 e. The van der Waals surface area contributed by atoms with Gasteiger partial charge in [0.05, 0.1) is 19.1 Å². The summed E-state index contributed by atoms with van der Waals surface area (Å²) in [6.07, 6.45) is 2.64. The van der Waals surface area contributed by atoms with Crippen LogP contribution in [0.15, 0.2) is 52.7 Å². The van der Waals surface area contributed by atoms with Crippen molar-refractivity contribution in [2.75, 3.05) is 12.9 Å². The fourth-order valence-electron chi connectivity index (χ4n) is 2.50. The third-order valence-corrected chi connectivity index (χ3v) is 4.84. The maximum absolute atomic E-state index is 11.1. The van der Waals surface area contributed by atoms with Gasteiger partial charge >= 0.3 is 0 Å². The monoisotopic (exact) mass is 383 g/mol. The maximum atomic E-state index is 11.1. The first kappa shape index (κ1) is 19.0. The standard InChI is InChI=1S/C20H21N3O3S/c1-3-14-4-7-17(8-5-14)26-12-16-10-15(6-9-18(16)25-2)11-21-23-20-22-19(24)13-27-20/h4-11H,3,12-13H2,1-2H3,(H,22,23,24). The normalized spacial score (nSPS) is 15.3. The second kappa shape index (κ2) is 9.23. The van der Waals surface area contributed by atoms with Gasteiger partial charge in [-0.2, -0.15) is 5.10 Å². The average Bonchev–Trinajstić information content (AvgIpc) is 3.12. The zero-order chi connectivity index (χ0) is 19.1. The highest BCUT2D eigenvalue weighted by Crippen LogP contribution is 2.22. The number of hydrogen-bond acceptors (Lipinski definition) is 6. The van der Waals surface area contributed by atoms with Gasteiger partial charge in [0.1, 0.15) is 18.1 Å². The van der Waals surface area contributed by atoms with Crippen LogP contribution in [-0.4, -0.2) is 30.2 Å². The van der Waals surface area contributed by atoms with Crippen molar-refractivity contribution in [2.45, 2.75) is 20.0 Å². The number of amidine groups is 1. The molecule has 0 bridgehead atoms. The molecule has 1 N–H and O–H groups in total. The summed E-state index contributed by atoms with van der Waals surface area (Å²) in [7, 11) is 1.63. The Kier molecular flexibility index (Phi) is 6.49. The molecule has 1 fully saturated rings. The molecule has 1 aliphatic rings. The Balaban J connectivity index is 1.68. The predicted octanol–water partition coefficient (Wildman–Crippen LogP) is 3.39. The molecule has 0 aliphatic carbocycles. The number of carbonyl (C=O) groups excluding carboxylic acids is 1. The molecule has 0 atom stereocenters. The van der Waals surface area contributed by atoms with Crippen molar-refractivity contribution >= 4 is 29.1 Å². The third-order valence-electron chi connectivity index (χ3n) is 3.97. The van der Waals surface area contributed by atoms with Gasteiger partial charge < -0.3 is 14.8 Å². The average molecular weight is 383 g/mol. The fraction of sp³-hybridized carbons (Fsp3) is 0.250. The van der Waals surface area contributed by atoms with Gasteiger partial charge in [-0.05, 0) is 47.9 Å². The minimum Gasteiger partial charge on any atom is -0.496 e. The third kappa shape index (κ3) is 5.34. The van der Waals surface area contributed by atoms with Gasteiger partial charge in [-0.25, -0.2) is 0 Å². The number of rotatable bonds is 7. The number of aryl methyl sites for hydroxylation is 1. The predicted molar refractivity (Wildman–Crippen MR) is 109 cm³/mol. The van der Waals surface area contributed by atoms with Crippen LogP contribution in [0.25, 0.3) is 0 Å². The van der Waals surface area contributed by atoms with Crippen LogP contribution in [0, 0.1) is 0 Å². The topological polar surface area (TPSA) is 72.3 Å². The fourth-order valence-corrected chi connectivity index (χ4v) is 3.13. The minimum absolute atomic E-state index is 0.0511. The van der Waals surface area contributed by atoms with Crippen molar-refractivity contribution in [3.63, 3.8) is 0 Å². The molecule has 6 nitrogen and oxygen atoms in total. The summed E-state index contributed by atoms with van der Waals surface area (Å²) in [4.78, 5) is 11.1. The SMILES string of the molecule is CCc1ccc(OCc2cc(C=NN=C3NC(=O)CS3)ccc2OC)cc1. The number of hydrogen-bond donors (Lipinski definition) is 1. The van der Waals surface area contributed by atoms with Gasteiger partial charge in [0.2, 0.25) is 5.91 Å². The van der Waals surface area contributed by atoms with Crippen LogP contribution in [0.5, 0.6) is 11.5 Å². The molecule has 0 aromatic heterocycles. The Labute approximate surface area is 162 Å². The summed E-state index contributed by atoms with van der Waals surface area (Å²) in [6.45, 7) is 2.51. The molecular formula is C20H21N3O3S. The number of benzene rings is 2. The smallest absolute Gasteiger partial charge is 0.236 e. The van der Waals surface area contributed by atoms with E-state index in [1.54, 1.807) is 13.3 Å². The number of methoxy groups -OCH3 is 1. The van der Waals surface area contributed by atoms with Gasteiger partial charge in [-0.1, -0.05) is 30.8 Å². The lowest BCUT2D eigenvalue weighted by Gasteiger charge is -2.11. The van der Waals surface area contributed by atoms with Crippen LogP contribution in [-0.2, 0) is 17.8 Å². The summed E-state index contributed by atoms with van der Waals surface area (Å²) in [6, 6.07) is 13.8. The molecule has 3 rings (SSSR count). The second-order valence-corrected chi connectivity index (χ2v) is 6.81. The van der Waals surface area contributed by atoms with E-state index in [0.29, 0.717) is 17.5 Å². The lowest BCUT2D eigenvalue weighted by Crippen LogP contribution is -2.19. The highest BCUT2D eigenvalue weighted by molar-refractivity contribution is 8.15. The summed E-state index contributed by atoms with van der Waals surface area (Å²) in [5.74, 6) is 1.90. The van der Waals surface area contributed by atoms with Crippen molar-refractivity contribution < 1.29 is 14.3 Å². The number of carbonyl (C=O) groups is 1. The molecule has 1 saturated heterocycles. The van der Waals surface area contributed by atoms with Crippen molar-refractivity contribution in [1.82, 2.24) is 5.32 Å². The van der Waals surface area contributed by atoms with Crippen LogP contribution in [0.2, 0.25) is 0 Å². The Morgan fingerprint density at radius 3 is 2.70 bits per heavy atom. The van der Waals surface area contributed by atoms with Crippen LogP contribution >= 0.6 is 11.8 Å². The molecule has 7 heteroatoms.